The second-order valence-corrected chi connectivity index (χ2v) is 20.2. The molecule has 0 fully saturated rings. The third kappa shape index (κ3) is 13.9. The summed E-state index contributed by atoms with van der Waals surface area (Å²) in [5, 5.41) is 2.38. The second-order valence-electron chi connectivity index (χ2n) is 20.2. The molecule has 11 aromatic rings. The van der Waals surface area contributed by atoms with Crippen molar-refractivity contribution in [3.8, 4) is 0 Å². The van der Waals surface area contributed by atoms with Crippen LogP contribution in [0.2, 0.25) is 0 Å². The highest BCUT2D eigenvalue weighted by molar-refractivity contribution is 5.79. The van der Waals surface area contributed by atoms with Gasteiger partial charge in [0.1, 0.15) is 27.7 Å². The second kappa shape index (κ2) is 24.6. The van der Waals surface area contributed by atoms with E-state index in [1.54, 1.807) is 12.5 Å². The Morgan fingerprint density at radius 1 is 0.333 bits per heavy atom. The number of nitrogens with zero attached hydrogens (tertiary/aromatic N) is 3. The third-order valence-corrected chi connectivity index (χ3v) is 12.8. The van der Waals surface area contributed by atoms with Crippen molar-refractivity contribution in [1.29, 1.82) is 0 Å². The summed E-state index contributed by atoms with van der Waals surface area (Å²) < 4.78 is 26.1. The molecule has 0 spiro atoms. The van der Waals surface area contributed by atoms with Crippen LogP contribution in [0.4, 0.5) is 0 Å². The van der Waals surface area contributed by atoms with E-state index in [2.05, 4.69) is 183 Å². The maximum atomic E-state index is 5.31. The Morgan fingerprint density at radius 3 is 1.32 bits per heavy atom. The van der Waals surface area contributed by atoms with Gasteiger partial charge in [-0.1, -0.05) is 150 Å². The Hall–Kier alpha value is -7.45. The van der Waals surface area contributed by atoms with E-state index in [1.807, 2.05) is 48.5 Å². The summed E-state index contributed by atoms with van der Waals surface area (Å²) in [6, 6.07) is 41.9. The monoisotopic (exact) mass is 962 g/mol. The van der Waals surface area contributed by atoms with Gasteiger partial charge in [0, 0.05) is 10.8 Å². The molecule has 0 radical (unpaired) electrons. The lowest BCUT2D eigenvalue weighted by Gasteiger charge is -2.07. The zero-order valence-electron chi connectivity index (χ0n) is 44.1. The number of aromatic nitrogens is 3. The van der Waals surface area contributed by atoms with Crippen LogP contribution in [-0.2, 0) is 6.42 Å². The smallest absolute Gasteiger partial charge is 0.181 e. The fourth-order valence-electron chi connectivity index (χ4n) is 8.00. The molecule has 12 rings (SSSR count). The highest BCUT2D eigenvalue weighted by atomic mass is 16.3. The van der Waals surface area contributed by atoms with Crippen LogP contribution in [0.5, 0.6) is 0 Å². The van der Waals surface area contributed by atoms with Crippen LogP contribution in [0.25, 0.3) is 61.3 Å². The number of fused-ring (bicyclic) bond motifs is 6. The predicted octanol–water partition coefficient (Wildman–Crippen LogP) is 19.3. The lowest BCUT2D eigenvalue weighted by atomic mass is 9.99. The molecule has 0 saturated heterocycles. The van der Waals surface area contributed by atoms with Gasteiger partial charge in [-0.2, -0.15) is 0 Å². The van der Waals surface area contributed by atoms with E-state index in [1.165, 1.54) is 74.5 Å². The highest BCUT2D eigenvalue weighted by Gasteiger charge is 2.08. The van der Waals surface area contributed by atoms with Crippen molar-refractivity contribution in [2.75, 3.05) is 0 Å². The average molecular weight is 962 g/mol. The van der Waals surface area contributed by atoms with E-state index in [4.69, 9.17) is 22.1 Å². The van der Waals surface area contributed by atoms with Crippen molar-refractivity contribution < 1.29 is 22.1 Å². The highest BCUT2D eigenvalue weighted by Crippen LogP contribution is 2.27. The van der Waals surface area contributed by atoms with Gasteiger partial charge in [-0.05, 0) is 153 Å². The molecule has 5 heterocycles. The van der Waals surface area contributed by atoms with Gasteiger partial charge in [-0.15, -0.1) is 0 Å². The molecular weight excluding hydrogens is 891 g/mol. The molecule has 8 heteroatoms. The van der Waals surface area contributed by atoms with Crippen LogP contribution in [0, 0.1) is 0 Å². The van der Waals surface area contributed by atoms with Gasteiger partial charge in [0.25, 0.3) is 0 Å². The fourth-order valence-corrected chi connectivity index (χ4v) is 8.00. The summed E-state index contributed by atoms with van der Waals surface area (Å²) in [5.41, 5.74) is 18.3. The summed E-state index contributed by atoms with van der Waals surface area (Å²) >= 11 is 0. The van der Waals surface area contributed by atoms with E-state index in [9.17, 15) is 0 Å². The number of benzene rings is 6. The predicted molar refractivity (Wildman–Crippen MR) is 298 cm³/mol. The zero-order valence-corrected chi connectivity index (χ0v) is 44.1. The Morgan fingerprint density at radius 2 is 0.750 bits per heavy atom. The van der Waals surface area contributed by atoms with E-state index < -0.39 is 0 Å². The molecule has 0 atom stereocenters. The quantitative estimate of drug-likeness (QED) is 0.162. The largest absolute Gasteiger partial charge is 0.464 e. The van der Waals surface area contributed by atoms with Gasteiger partial charge in [0.15, 0.2) is 35.9 Å². The first kappa shape index (κ1) is 52.4. The van der Waals surface area contributed by atoms with Crippen molar-refractivity contribution in [2.45, 2.75) is 125 Å². The van der Waals surface area contributed by atoms with Crippen LogP contribution >= 0.6 is 0 Å². The molecule has 0 aliphatic heterocycles. The van der Waals surface area contributed by atoms with Crippen molar-refractivity contribution in [1.82, 2.24) is 15.0 Å². The molecule has 0 N–H and O–H groups in total. The number of hydrogen-bond acceptors (Lipinski definition) is 8. The fraction of sp³-hybridized carbons (Fsp3) is 0.297. The summed E-state index contributed by atoms with van der Waals surface area (Å²) in [7, 11) is 0. The number of allylic oxidation sites excluding steroid dienone is 1. The van der Waals surface area contributed by atoms with E-state index in [0.29, 0.717) is 35.5 Å². The summed E-state index contributed by atoms with van der Waals surface area (Å²) in [4.78, 5) is 12.2. The molecular formula is C64H71N3O5. The molecule has 1 aliphatic rings. The lowest BCUT2D eigenvalue weighted by molar-refractivity contribution is 0.601. The Balaban J connectivity index is 0.000000127. The van der Waals surface area contributed by atoms with Gasteiger partial charge < -0.3 is 22.1 Å². The summed E-state index contributed by atoms with van der Waals surface area (Å²) in [6.07, 6.45) is 13.5. The van der Waals surface area contributed by atoms with Gasteiger partial charge >= 0.3 is 0 Å². The number of hydrogen-bond donors (Lipinski definition) is 0. The van der Waals surface area contributed by atoms with Gasteiger partial charge in [0.05, 0.1) is 12.5 Å². The van der Waals surface area contributed by atoms with Gasteiger partial charge in [0.2, 0.25) is 0 Å². The third-order valence-electron chi connectivity index (χ3n) is 12.8. The van der Waals surface area contributed by atoms with E-state index >= 15 is 0 Å². The molecule has 372 valence electrons. The summed E-state index contributed by atoms with van der Waals surface area (Å²) in [6.45, 7) is 26.2. The number of rotatable bonds is 6. The molecule has 8 nitrogen and oxygen atoms in total. The molecule has 0 saturated carbocycles. The Bertz CT molecular complexity index is 2990. The first-order chi connectivity index (χ1) is 34.6. The van der Waals surface area contributed by atoms with Crippen LogP contribution in [-0.4, -0.2) is 15.0 Å². The summed E-state index contributed by atoms with van der Waals surface area (Å²) in [5.74, 6) is 3.43. The Labute approximate surface area is 425 Å². The molecule has 72 heavy (non-hydrogen) atoms. The van der Waals surface area contributed by atoms with Crippen molar-refractivity contribution in [3.05, 3.63) is 204 Å². The molecule has 0 bridgehead atoms. The first-order valence-corrected chi connectivity index (χ1v) is 25.4. The number of furan rings is 2. The maximum Gasteiger partial charge on any atom is 0.181 e. The zero-order chi connectivity index (χ0) is 51.3. The van der Waals surface area contributed by atoms with Crippen LogP contribution < -0.4 is 0 Å². The molecule has 0 unspecified atom stereocenters. The molecule has 5 aromatic heterocycles. The maximum absolute atomic E-state index is 5.31. The van der Waals surface area contributed by atoms with Crippen LogP contribution in [0.1, 0.15) is 163 Å². The molecule has 6 aromatic carbocycles. The minimum absolute atomic E-state index is 0.541. The first-order valence-electron chi connectivity index (χ1n) is 25.4. The normalized spacial score (nSPS) is 11.7. The average Bonchev–Trinajstić information content (AvgIpc) is 4.25. The standard InChI is InChI=1S/C12H14.2C11H12O.3C10H11NO/c1-9(2)11-7-6-10-4-3-5-12(10)8-11;1-8(2)9-3-4-11-10(7-9)5-6-12-11;1-8(2)10-4-3-9-5-6-12-11(9)7-10;1-7(2)8-3-4-10-9(5-8)11-6-12-10;2*1-7(2)8-3-4-9-10(5-8)12-6-11-9/h3,5-9H,4H2,1-2H3;2*3-8H,1-2H3;3*3-7H,1-2H3. The van der Waals surface area contributed by atoms with Crippen molar-refractivity contribution in [3.63, 3.8) is 0 Å². The Kier molecular flexibility index (Phi) is 17.9. The minimum Gasteiger partial charge on any atom is -0.464 e. The van der Waals surface area contributed by atoms with E-state index in [0.717, 1.165) is 50.9 Å². The van der Waals surface area contributed by atoms with Gasteiger partial charge in [-0.25, -0.2) is 15.0 Å². The molecule has 0 amide bonds. The minimum atomic E-state index is 0.541. The number of oxazole rings is 3. The molecule has 1 aliphatic carbocycles. The topological polar surface area (TPSA) is 104 Å². The van der Waals surface area contributed by atoms with Crippen molar-refractivity contribution >= 4 is 61.3 Å². The van der Waals surface area contributed by atoms with Gasteiger partial charge in [-0.3, -0.25) is 0 Å². The van der Waals surface area contributed by atoms with Crippen molar-refractivity contribution in [2.24, 2.45) is 0 Å². The van der Waals surface area contributed by atoms with Crippen LogP contribution in [0.3, 0.4) is 0 Å². The lowest BCUT2D eigenvalue weighted by Crippen LogP contribution is -1.89. The van der Waals surface area contributed by atoms with Crippen LogP contribution in [0.15, 0.2) is 181 Å². The SMILES string of the molecule is CC(C)c1ccc2c(c1)C=CC2.CC(C)c1ccc2ccoc2c1.CC(C)c1ccc2ncoc2c1.CC(C)c1ccc2ncoc2c1.CC(C)c1ccc2occc2c1.CC(C)c1ccc2ocnc2c1. The van der Waals surface area contributed by atoms with E-state index in [-0.39, 0.29) is 0 Å².